The quantitative estimate of drug-likeness (QED) is 0.736. The Bertz CT molecular complexity index is 910. The Morgan fingerprint density at radius 1 is 1.32 bits per heavy atom. The van der Waals surface area contributed by atoms with Gasteiger partial charge in [0.1, 0.15) is 12.4 Å². The lowest BCUT2D eigenvalue weighted by Crippen LogP contribution is -2.34. The van der Waals surface area contributed by atoms with Gasteiger partial charge in [-0.2, -0.15) is 13.2 Å². The van der Waals surface area contributed by atoms with Crippen LogP contribution in [0.15, 0.2) is 42.5 Å². The number of benzene rings is 2. The van der Waals surface area contributed by atoms with Crippen LogP contribution in [-0.4, -0.2) is 36.4 Å². The molecule has 3 N–H and O–H groups in total. The van der Waals surface area contributed by atoms with Gasteiger partial charge < -0.3 is 20.5 Å². The lowest BCUT2D eigenvalue weighted by molar-refractivity contribution is -0.0790. The van der Waals surface area contributed by atoms with E-state index in [4.69, 9.17) is 4.74 Å². The number of ether oxygens (including phenoxy) is 1. The summed E-state index contributed by atoms with van der Waals surface area (Å²) in [5, 5.41) is 15.1. The van der Waals surface area contributed by atoms with Crippen molar-refractivity contribution in [3.05, 3.63) is 59.2 Å². The van der Waals surface area contributed by atoms with E-state index >= 15 is 0 Å². The van der Waals surface area contributed by atoms with Crippen molar-refractivity contribution in [3.63, 3.8) is 0 Å². The maximum atomic E-state index is 12.5. The second kappa shape index (κ2) is 7.93. The van der Waals surface area contributed by atoms with Gasteiger partial charge in [-0.15, -0.1) is 0 Å². The molecule has 0 saturated carbocycles. The standard InChI is InChI=1S/C20H19F3N2O3/c1-12-8-13(6-7-20(21,22)23)2-4-16(12)19(27)25-14-3-5-17-18(9-14)28-11-15(10-26)24-17/h2-9,15,24,26H,10-11H2,1H3,(H,25,27). The van der Waals surface area contributed by atoms with Gasteiger partial charge in [-0.1, -0.05) is 18.2 Å². The summed E-state index contributed by atoms with van der Waals surface area (Å²) in [7, 11) is 0. The molecule has 2 aromatic rings. The first-order valence-electron chi connectivity index (χ1n) is 8.57. The number of halogens is 3. The Kier molecular flexibility index (Phi) is 5.60. The van der Waals surface area contributed by atoms with Crippen molar-refractivity contribution in [3.8, 4) is 5.75 Å². The fraction of sp³-hybridized carbons (Fsp3) is 0.250. The third-order valence-corrected chi connectivity index (χ3v) is 4.22. The van der Waals surface area contributed by atoms with E-state index < -0.39 is 6.18 Å². The number of fused-ring (bicyclic) bond motifs is 1. The Balaban J connectivity index is 1.72. The fourth-order valence-electron chi connectivity index (χ4n) is 2.82. The van der Waals surface area contributed by atoms with E-state index in [2.05, 4.69) is 10.6 Å². The van der Waals surface area contributed by atoms with Crippen molar-refractivity contribution in [2.75, 3.05) is 23.8 Å². The van der Waals surface area contributed by atoms with Crippen molar-refractivity contribution in [2.24, 2.45) is 0 Å². The Hall–Kier alpha value is -3.00. The fourth-order valence-corrected chi connectivity index (χ4v) is 2.82. The molecule has 28 heavy (non-hydrogen) atoms. The summed E-state index contributed by atoms with van der Waals surface area (Å²) in [4.78, 5) is 12.5. The number of hydrogen-bond donors (Lipinski definition) is 3. The molecule has 148 valence electrons. The minimum Gasteiger partial charge on any atom is -0.489 e. The molecule has 1 amide bonds. The van der Waals surface area contributed by atoms with E-state index in [-0.39, 0.29) is 24.6 Å². The van der Waals surface area contributed by atoms with Gasteiger partial charge in [0.25, 0.3) is 5.91 Å². The van der Waals surface area contributed by atoms with Gasteiger partial charge in [0, 0.05) is 23.4 Å². The number of amides is 1. The molecule has 1 aliphatic heterocycles. The van der Waals surface area contributed by atoms with Crippen LogP contribution < -0.4 is 15.4 Å². The average Bonchev–Trinajstić information content (AvgIpc) is 2.65. The molecule has 0 fully saturated rings. The number of allylic oxidation sites excluding steroid dienone is 1. The second-order valence-corrected chi connectivity index (χ2v) is 6.45. The molecule has 3 rings (SSSR count). The van der Waals surface area contributed by atoms with E-state index in [9.17, 15) is 23.1 Å². The number of carbonyl (C=O) groups excluding carboxylic acids is 1. The number of aliphatic hydroxyl groups is 1. The summed E-state index contributed by atoms with van der Waals surface area (Å²) < 4.78 is 42.4. The Labute approximate surface area is 159 Å². The first kappa shape index (κ1) is 19.8. The SMILES string of the molecule is Cc1cc(C=CC(F)(F)F)ccc1C(=O)Nc1ccc2c(c1)OCC(CO)N2. The van der Waals surface area contributed by atoms with Crippen molar-refractivity contribution in [2.45, 2.75) is 19.1 Å². The molecule has 0 radical (unpaired) electrons. The van der Waals surface area contributed by atoms with E-state index in [1.165, 1.54) is 18.2 Å². The summed E-state index contributed by atoms with van der Waals surface area (Å²) in [6, 6.07) is 9.39. The molecule has 8 heteroatoms. The highest BCUT2D eigenvalue weighted by atomic mass is 19.4. The van der Waals surface area contributed by atoms with Crippen LogP contribution in [0.5, 0.6) is 5.75 Å². The largest absolute Gasteiger partial charge is 0.489 e. The third kappa shape index (κ3) is 4.83. The lowest BCUT2D eigenvalue weighted by Gasteiger charge is -2.26. The van der Waals surface area contributed by atoms with E-state index in [1.807, 2.05) is 0 Å². The van der Waals surface area contributed by atoms with E-state index in [1.54, 1.807) is 25.1 Å². The molecule has 1 atom stereocenters. The molecule has 1 aliphatic rings. The lowest BCUT2D eigenvalue weighted by atomic mass is 10.0. The monoisotopic (exact) mass is 392 g/mol. The predicted octanol–water partition coefficient (Wildman–Crippen LogP) is 3.99. The van der Waals surface area contributed by atoms with Gasteiger partial charge in [0.05, 0.1) is 18.3 Å². The minimum atomic E-state index is -4.38. The molecule has 0 saturated heterocycles. The number of alkyl halides is 3. The number of rotatable bonds is 4. The summed E-state index contributed by atoms with van der Waals surface area (Å²) in [5.74, 6) is 0.188. The predicted molar refractivity (Wildman–Crippen MR) is 101 cm³/mol. The van der Waals surface area contributed by atoms with Crippen LogP contribution >= 0.6 is 0 Å². The smallest absolute Gasteiger partial charge is 0.409 e. The van der Waals surface area contributed by atoms with Gasteiger partial charge in [0.2, 0.25) is 0 Å². The number of aryl methyl sites for hydroxylation is 1. The number of anilines is 2. The maximum Gasteiger partial charge on any atom is 0.409 e. The highest BCUT2D eigenvalue weighted by Crippen LogP contribution is 2.32. The molecular weight excluding hydrogens is 373 g/mol. The Morgan fingerprint density at radius 2 is 2.11 bits per heavy atom. The molecule has 0 bridgehead atoms. The van der Waals surface area contributed by atoms with E-state index in [0.717, 1.165) is 11.8 Å². The molecule has 0 aliphatic carbocycles. The number of carbonyl (C=O) groups is 1. The van der Waals surface area contributed by atoms with Gasteiger partial charge in [-0.25, -0.2) is 0 Å². The average molecular weight is 392 g/mol. The zero-order chi connectivity index (χ0) is 20.3. The van der Waals surface area contributed by atoms with Crippen LogP contribution in [0.4, 0.5) is 24.5 Å². The second-order valence-electron chi connectivity index (χ2n) is 6.45. The van der Waals surface area contributed by atoms with Crippen molar-refractivity contribution in [1.29, 1.82) is 0 Å². The Morgan fingerprint density at radius 3 is 2.79 bits per heavy atom. The normalized spacial score (nSPS) is 16.2. The molecule has 1 heterocycles. The molecule has 1 unspecified atom stereocenters. The zero-order valence-corrected chi connectivity index (χ0v) is 15.0. The van der Waals surface area contributed by atoms with Gasteiger partial charge >= 0.3 is 6.18 Å². The van der Waals surface area contributed by atoms with E-state index in [0.29, 0.717) is 34.7 Å². The highest BCUT2D eigenvalue weighted by Gasteiger charge is 2.22. The topological polar surface area (TPSA) is 70.6 Å². The van der Waals surface area contributed by atoms with Crippen molar-refractivity contribution in [1.82, 2.24) is 0 Å². The minimum absolute atomic E-state index is 0.0502. The van der Waals surface area contributed by atoms with Gasteiger partial charge in [-0.3, -0.25) is 4.79 Å². The maximum absolute atomic E-state index is 12.5. The van der Waals surface area contributed by atoms with Gasteiger partial charge in [-0.05, 0) is 36.2 Å². The number of nitrogens with one attached hydrogen (secondary N) is 2. The van der Waals surface area contributed by atoms with Crippen LogP contribution in [0.2, 0.25) is 0 Å². The molecule has 2 aromatic carbocycles. The van der Waals surface area contributed by atoms with Crippen LogP contribution in [-0.2, 0) is 0 Å². The van der Waals surface area contributed by atoms with Gasteiger partial charge in [0.15, 0.2) is 0 Å². The molecule has 0 aromatic heterocycles. The first-order chi connectivity index (χ1) is 13.2. The summed E-state index contributed by atoms with van der Waals surface area (Å²) in [6.07, 6.45) is -3.27. The summed E-state index contributed by atoms with van der Waals surface area (Å²) in [6.45, 7) is 1.92. The molecular formula is C20H19F3N2O3. The summed E-state index contributed by atoms with van der Waals surface area (Å²) >= 11 is 0. The number of aliphatic hydroxyl groups excluding tert-OH is 1. The summed E-state index contributed by atoms with van der Waals surface area (Å²) in [5.41, 5.74) is 2.52. The van der Waals surface area contributed by atoms with Crippen LogP contribution in [0, 0.1) is 6.92 Å². The van der Waals surface area contributed by atoms with Crippen LogP contribution in [0.25, 0.3) is 6.08 Å². The van der Waals surface area contributed by atoms with Crippen LogP contribution in [0.1, 0.15) is 21.5 Å². The van der Waals surface area contributed by atoms with Crippen molar-refractivity contribution >= 4 is 23.4 Å². The third-order valence-electron chi connectivity index (χ3n) is 4.22. The highest BCUT2D eigenvalue weighted by molar-refractivity contribution is 6.05. The van der Waals surface area contributed by atoms with Crippen LogP contribution in [0.3, 0.4) is 0 Å². The first-order valence-corrected chi connectivity index (χ1v) is 8.57. The molecule has 5 nitrogen and oxygen atoms in total. The molecule has 0 spiro atoms. The zero-order valence-electron chi connectivity index (χ0n) is 15.0. The van der Waals surface area contributed by atoms with Crippen molar-refractivity contribution < 1.29 is 27.8 Å². The number of hydrogen-bond acceptors (Lipinski definition) is 4.